The first-order valence-corrected chi connectivity index (χ1v) is 9.15. The summed E-state index contributed by atoms with van der Waals surface area (Å²) in [6.07, 6.45) is 2.11. The molecule has 2 aliphatic rings. The standard InChI is InChI=1S/C20H23FN4O/c1-13-4-5-15(10-17(13)21)6-7-19(26)25-11-16-18(12-25)22-14(2)23-20(16)24-8-3-9-24/h4-5,10H,3,6-9,11-12H2,1-2H3. The molecular weight excluding hydrogens is 331 g/mol. The van der Waals surface area contributed by atoms with E-state index in [9.17, 15) is 9.18 Å². The maximum Gasteiger partial charge on any atom is 0.223 e. The number of halogens is 1. The van der Waals surface area contributed by atoms with E-state index in [2.05, 4.69) is 14.9 Å². The van der Waals surface area contributed by atoms with Crippen LogP contribution in [0.3, 0.4) is 0 Å². The summed E-state index contributed by atoms with van der Waals surface area (Å²) in [5.74, 6) is 1.62. The van der Waals surface area contributed by atoms with Gasteiger partial charge in [-0.2, -0.15) is 0 Å². The SMILES string of the molecule is Cc1nc2c(c(N3CCC3)n1)CN(C(=O)CCc1ccc(C)c(F)c1)C2. The summed E-state index contributed by atoms with van der Waals surface area (Å²) >= 11 is 0. The fourth-order valence-electron chi connectivity index (χ4n) is 3.53. The van der Waals surface area contributed by atoms with Crippen LogP contribution in [0.5, 0.6) is 0 Å². The maximum absolute atomic E-state index is 13.7. The number of hydrogen-bond acceptors (Lipinski definition) is 4. The third-order valence-electron chi connectivity index (χ3n) is 5.24. The van der Waals surface area contributed by atoms with Crippen molar-refractivity contribution in [1.82, 2.24) is 14.9 Å². The maximum atomic E-state index is 13.7. The summed E-state index contributed by atoms with van der Waals surface area (Å²) in [5, 5.41) is 0. The van der Waals surface area contributed by atoms with Gasteiger partial charge in [-0.25, -0.2) is 14.4 Å². The van der Waals surface area contributed by atoms with Gasteiger partial charge in [0.2, 0.25) is 5.91 Å². The second-order valence-electron chi connectivity index (χ2n) is 7.19. The molecule has 6 heteroatoms. The van der Waals surface area contributed by atoms with Gasteiger partial charge in [-0.15, -0.1) is 0 Å². The first-order valence-electron chi connectivity index (χ1n) is 9.15. The van der Waals surface area contributed by atoms with Gasteiger partial charge in [-0.3, -0.25) is 4.79 Å². The molecule has 1 aromatic heterocycles. The minimum atomic E-state index is -0.214. The average Bonchev–Trinajstić information content (AvgIpc) is 2.98. The van der Waals surface area contributed by atoms with Gasteiger partial charge in [0.1, 0.15) is 17.5 Å². The molecule has 1 aromatic carbocycles. The second kappa shape index (κ2) is 6.67. The highest BCUT2D eigenvalue weighted by Gasteiger charge is 2.30. The lowest BCUT2D eigenvalue weighted by molar-refractivity contribution is -0.131. The summed E-state index contributed by atoms with van der Waals surface area (Å²) in [6.45, 7) is 6.80. The van der Waals surface area contributed by atoms with Crippen LogP contribution >= 0.6 is 0 Å². The molecule has 26 heavy (non-hydrogen) atoms. The molecule has 1 saturated heterocycles. The molecule has 0 atom stereocenters. The van der Waals surface area contributed by atoms with E-state index in [0.29, 0.717) is 31.5 Å². The van der Waals surface area contributed by atoms with Crippen LogP contribution < -0.4 is 4.90 Å². The van der Waals surface area contributed by atoms with Crippen LogP contribution in [0.2, 0.25) is 0 Å². The van der Waals surface area contributed by atoms with Crippen LogP contribution in [0.4, 0.5) is 10.2 Å². The molecule has 5 nitrogen and oxygen atoms in total. The lowest BCUT2D eigenvalue weighted by Crippen LogP contribution is -2.38. The number of carbonyl (C=O) groups is 1. The van der Waals surface area contributed by atoms with E-state index in [-0.39, 0.29) is 11.7 Å². The van der Waals surface area contributed by atoms with E-state index < -0.39 is 0 Å². The Hall–Kier alpha value is -2.50. The number of anilines is 1. The zero-order valence-electron chi connectivity index (χ0n) is 15.3. The number of amides is 1. The number of benzene rings is 1. The largest absolute Gasteiger partial charge is 0.356 e. The van der Waals surface area contributed by atoms with Crippen molar-refractivity contribution in [3.8, 4) is 0 Å². The molecule has 0 spiro atoms. The molecule has 0 N–H and O–H groups in total. The van der Waals surface area contributed by atoms with E-state index in [1.54, 1.807) is 13.0 Å². The smallest absolute Gasteiger partial charge is 0.223 e. The predicted octanol–water partition coefficient (Wildman–Crippen LogP) is 2.92. The van der Waals surface area contributed by atoms with E-state index in [0.717, 1.165) is 41.6 Å². The molecule has 0 bridgehead atoms. The van der Waals surface area contributed by atoms with Crippen LogP contribution in [0.25, 0.3) is 0 Å². The number of aryl methyl sites for hydroxylation is 3. The summed E-state index contributed by atoms with van der Waals surface area (Å²) in [5.41, 5.74) is 3.54. The van der Waals surface area contributed by atoms with Crippen molar-refractivity contribution < 1.29 is 9.18 Å². The van der Waals surface area contributed by atoms with Crippen molar-refractivity contribution in [1.29, 1.82) is 0 Å². The molecule has 3 heterocycles. The third-order valence-corrected chi connectivity index (χ3v) is 5.24. The van der Waals surface area contributed by atoms with Gasteiger partial charge in [0, 0.05) is 25.1 Å². The quantitative estimate of drug-likeness (QED) is 0.847. The Morgan fingerprint density at radius 2 is 2.00 bits per heavy atom. The Balaban J connectivity index is 1.44. The molecule has 2 aliphatic heterocycles. The third kappa shape index (κ3) is 3.16. The number of rotatable bonds is 4. The van der Waals surface area contributed by atoms with E-state index >= 15 is 0 Å². The number of aromatic nitrogens is 2. The molecular formula is C20H23FN4O. The second-order valence-corrected chi connectivity index (χ2v) is 7.19. The van der Waals surface area contributed by atoms with Crippen LogP contribution in [-0.2, 0) is 24.3 Å². The van der Waals surface area contributed by atoms with Crippen molar-refractivity contribution in [3.05, 3.63) is 52.2 Å². The van der Waals surface area contributed by atoms with Crippen LogP contribution in [-0.4, -0.2) is 33.9 Å². The lowest BCUT2D eigenvalue weighted by atomic mass is 10.1. The van der Waals surface area contributed by atoms with E-state index in [1.165, 1.54) is 12.5 Å². The van der Waals surface area contributed by atoms with Gasteiger partial charge in [-0.1, -0.05) is 12.1 Å². The van der Waals surface area contributed by atoms with Crippen molar-refractivity contribution in [3.63, 3.8) is 0 Å². The van der Waals surface area contributed by atoms with Gasteiger partial charge in [0.05, 0.1) is 18.8 Å². The predicted molar refractivity (Wildman–Crippen MR) is 97.3 cm³/mol. The average molecular weight is 354 g/mol. The first kappa shape index (κ1) is 16.9. The van der Waals surface area contributed by atoms with E-state index in [1.807, 2.05) is 17.9 Å². The minimum Gasteiger partial charge on any atom is -0.356 e. The zero-order valence-corrected chi connectivity index (χ0v) is 15.3. The summed E-state index contributed by atoms with van der Waals surface area (Å²) in [4.78, 5) is 25.9. The summed E-state index contributed by atoms with van der Waals surface area (Å²) in [6, 6.07) is 5.18. The summed E-state index contributed by atoms with van der Waals surface area (Å²) in [7, 11) is 0. The van der Waals surface area contributed by atoms with Gasteiger partial charge in [0.15, 0.2) is 0 Å². The highest BCUT2D eigenvalue weighted by Crippen LogP contribution is 2.31. The van der Waals surface area contributed by atoms with Crippen molar-refractivity contribution in [2.24, 2.45) is 0 Å². The number of carbonyl (C=O) groups excluding carboxylic acids is 1. The van der Waals surface area contributed by atoms with Gasteiger partial charge in [0.25, 0.3) is 0 Å². The topological polar surface area (TPSA) is 49.3 Å². The lowest BCUT2D eigenvalue weighted by Gasteiger charge is -2.33. The monoisotopic (exact) mass is 354 g/mol. The number of fused-ring (bicyclic) bond motifs is 1. The molecule has 0 unspecified atom stereocenters. The van der Waals surface area contributed by atoms with Crippen LogP contribution in [0.1, 0.15) is 41.1 Å². The molecule has 2 aromatic rings. The fraction of sp³-hybridized carbons (Fsp3) is 0.450. The van der Waals surface area contributed by atoms with Gasteiger partial charge in [-0.05, 0) is 43.9 Å². The number of nitrogens with zero attached hydrogens (tertiary/aromatic N) is 4. The van der Waals surface area contributed by atoms with Crippen molar-refractivity contribution >= 4 is 11.7 Å². The summed E-state index contributed by atoms with van der Waals surface area (Å²) < 4.78 is 13.7. The van der Waals surface area contributed by atoms with Crippen molar-refractivity contribution in [2.45, 2.75) is 46.2 Å². The molecule has 0 saturated carbocycles. The molecule has 0 aliphatic carbocycles. The normalized spacial score (nSPS) is 15.8. The molecule has 1 fully saturated rings. The Morgan fingerprint density at radius 3 is 2.69 bits per heavy atom. The Labute approximate surface area is 152 Å². The van der Waals surface area contributed by atoms with Crippen molar-refractivity contribution in [2.75, 3.05) is 18.0 Å². The van der Waals surface area contributed by atoms with Gasteiger partial charge < -0.3 is 9.80 Å². The van der Waals surface area contributed by atoms with E-state index in [4.69, 9.17) is 0 Å². The molecule has 0 radical (unpaired) electrons. The Bertz CT molecular complexity index is 863. The zero-order chi connectivity index (χ0) is 18.3. The molecule has 4 rings (SSSR count). The van der Waals surface area contributed by atoms with Crippen LogP contribution in [0.15, 0.2) is 18.2 Å². The molecule has 1 amide bonds. The highest BCUT2D eigenvalue weighted by atomic mass is 19.1. The molecule has 136 valence electrons. The first-order chi connectivity index (χ1) is 12.5. The Kier molecular flexibility index (Phi) is 4.34. The van der Waals surface area contributed by atoms with Crippen LogP contribution in [0, 0.1) is 19.7 Å². The minimum absolute atomic E-state index is 0.0798. The number of hydrogen-bond donors (Lipinski definition) is 0. The Morgan fingerprint density at radius 1 is 1.19 bits per heavy atom. The fourth-order valence-corrected chi connectivity index (χ4v) is 3.53. The van der Waals surface area contributed by atoms with Gasteiger partial charge >= 0.3 is 0 Å². The highest BCUT2D eigenvalue weighted by molar-refractivity contribution is 5.77.